The predicted molar refractivity (Wildman–Crippen MR) is 127 cm³/mol. The van der Waals surface area contributed by atoms with Crippen LogP contribution in [0.25, 0.3) is 0 Å². The fraction of sp³-hybridized carbons (Fsp3) is 0.0385. The van der Waals surface area contributed by atoms with Gasteiger partial charge in [0.15, 0.2) is 0 Å². The first-order valence-corrected chi connectivity index (χ1v) is 12.1. The van der Waals surface area contributed by atoms with Crippen molar-refractivity contribution in [3.05, 3.63) is 121 Å². The van der Waals surface area contributed by atoms with Crippen LogP contribution in [0.1, 0.15) is 0 Å². The molecule has 4 rings (SSSR count). The van der Waals surface area contributed by atoms with Crippen molar-refractivity contribution >= 4 is 66.5 Å². The first-order chi connectivity index (χ1) is 14.2. The standard InChI is InChI=1S/C26H24O2S.K.H/c27-26(28)21-29(22-13-5-1-6-14-22,23-15-7-2-8-16-23,24-17-9-3-10-18-24)25-19-11-4-12-20-25;;/h1-20,29H,21H2,(H,27,28);;. The third-order valence-corrected chi connectivity index (χ3v) is 12.4. The van der Waals surface area contributed by atoms with Crippen molar-refractivity contribution in [3.63, 3.8) is 0 Å². The molecule has 4 heteroatoms. The molecule has 2 nitrogen and oxygen atoms in total. The van der Waals surface area contributed by atoms with Crippen LogP contribution in [0.4, 0.5) is 0 Å². The van der Waals surface area contributed by atoms with Gasteiger partial charge in [-0.05, 0) is 19.6 Å². The van der Waals surface area contributed by atoms with Gasteiger partial charge in [-0.2, -0.15) is 9.16 Å². The Bertz CT molecular complexity index is 931. The molecule has 0 heterocycles. The van der Waals surface area contributed by atoms with Crippen molar-refractivity contribution in [2.75, 3.05) is 5.75 Å². The van der Waals surface area contributed by atoms with Crippen molar-refractivity contribution in [2.45, 2.75) is 19.6 Å². The second-order valence-corrected chi connectivity index (χ2v) is 12.2. The topological polar surface area (TPSA) is 37.3 Å². The van der Waals surface area contributed by atoms with Gasteiger partial charge >= 0.3 is 57.4 Å². The molecule has 30 heavy (non-hydrogen) atoms. The summed E-state index contributed by atoms with van der Waals surface area (Å²) in [6.45, 7) is 0. The summed E-state index contributed by atoms with van der Waals surface area (Å²) < 4.78 is 0. The summed E-state index contributed by atoms with van der Waals surface area (Å²) in [5, 5.41) is 10.3. The van der Waals surface area contributed by atoms with Crippen LogP contribution in [0.2, 0.25) is 0 Å². The number of hydrogen-bond acceptors (Lipinski definition) is 1. The summed E-state index contributed by atoms with van der Waals surface area (Å²) >= 11 is 0. The van der Waals surface area contributed by atoms with Crippen LogP contribution in [0.3, 0.4) is 0 Å². The minimum absolute atomic E-state index is 0. The molecule has 0 atom stereocenters. The molecule has 0 aliphatic heterocycles. The first-order valence-electron chi connectivity index (χ1n) is 9.63. The van der Waals surface area contributed by atoms with E-state index in [1.165, 1.54) is 0 Å². The van der Waals surface area contributed by atoms with Gasteiger partial charge in [0, 0.05) is 0 Å². The first kappa shape index (κ1) is 23.0. The molecule has 0 saturated carbocycles. The van der Waals surface area contributed by atoms with Crippen LogP contribution in [-0.4, -0.2) is 68.2 Å². The van der Waals surface area contributed by atoms with E-state index in [2.05, 4.69) is 48.5 Å². The molecule has 0 spiro atoms. The van der Waals surface area contributed by atoms with Gasteiger partial charge in [0.2, 0.25) is 0 Å². The average Bonchev–Trinajstić information content (AvgIpc) is 2.80. The van der Waals surface area contributed by atoms with Crippen molar-refractivity contribution in [1.82, 2.24) is 0 Å². The van der Waals surface area contributed by atoms with Gasteiger partial charge in [-0.15, -0.1) is 0 Å². The molecule has 0 unspecified atom stereocenters. The van der Waals surface area contributed by atoms with Gasteiger partial charge in [-0.3, -0.25) is 4.79 Å². The summed E-state index contributed by atoms with van der Waals surface area (Å²) in [4.78, 5) is 16.8. The van der Waals surface area contributed by atoms with Gasteiger partial charge in [0.25, 0.3) is 0 Å². The number of carboxylic acids is 1. The van der Waals surface area contributed by atoms with E-state index < -0.39 is 15.1 Å². The minimum atomic E-state index is -3.54. The van der Waals surface area contributed by atoms with E-state index in [1.54, 1.807) is 0 Å². The molecule has 148 valence electrons. The van der Waals surface area contributed by atoms with E-state index in [9.17, 15) is 9.90 Å². The van der Waals surface area contributed by atoms with E-state index in [0.29, 0.717) is 0 Å². The Hall–Kier alpha value is -1.66. The van der Waals surface area contributed by atoms with Crippen LogP contribution in [0.15, 0.2) is 141 Å². The fourth-order valence-corrected chi connectivity index (χ4v) is 10.9. The van der Waals surface area contributed by atoms with Crippen molar-refractivity contribution in [2.24, 2.45) is 0 Å². The second-order valence-electron chi connectivity index (χ2n) is 7.20. The fourth-order valence-electron chi connectivity index (χ4n) is 4.56. The molecule has 4 aromatic carbocycles. The predicted octanol–water partition coefficient (Wildman–Crippen LogP) is 5.73. The molecule has 0 radical (unpaired) electrons. The number of thiol groups is 1. The molecule has 0 bridgehead atoms. The molecule has 0 aromatic heterocycles. The Morgan fingerprint density at radius 2 is 0.767 bits per heavy atom. The Morgan fingerprint density at radius 3 is 0.967 bits per heavy atom. The van der Waals surface area contributed by atoms with Gasteiger partial charge in [-0.1, -0.05) is 121 Å². The normalized spacial score (nSPS) is 12.2. The number of rotatable bonds is 6. The summed E-state index contributed by atoms with van der Waals surface area (Å²) in [6, 6.07) is 40.7. The summed E-state index contributed by atoms with van der Waals surface area (Å²) in [6.07, 6.45) is 0. The number of carboxylic acid groups (broad SMARTS) is 1. The zero-order chi connectivity index (χ0) is 20.2. The molecule has 4 aromatic rings. The van der Waals surface area contributed by atoms with Crippen LogP contribution >= 0.6 is 9.16 Å². The van der Waals surface area contributed by atoms with Gasteiger partial charge < -0.3 is 5.11 Å². The summed E-state index contributed by atoms with van der Waals surface area (Å²) in [5.41, 5.74) is 0. The third-order valence-electron chi connectivity index (χ3n) is 5.76. The van der Waals surface area contributed by atoms with Crippen LogP contribution < -0.4 is 0 Å². The monoisotopic (exact) mass is 440 g/mol. The summed E-state index contributed by atoms with van der Waals surface area (Å²) in [5.74, 6) is -0.781. The zero-order valence-corrected chi connectivity index (χ0v) is 17.0. The number of carbonyl (C=O) groups is 1. The molecular weight excluding hydrogens is 415 g/mol. The second kappa shape index (κ2) is 9.65. The van der Waals surface area contributed by atoms with Crippen LogP contribution in [-0.2, 0) is 4.79 Å². The van der Waals surface area contributed by atoms with Gasteiger partial charge in [0.05, 0.1) is 5.75 Å². The molecule has 0 saturated heterocycles. The zero-order valence-electron chi connectivity index (χ0n) is 16.1. The molecule has 0 aliphatic rings. The van der Waals surface area contributed by atoms with E-state index in [1.807, 2.05) is 72.8 Å². The molecule has 0 fully saturated rings. The van der Waals surface area contributed by atoms with E-state index in [0.717, 1.165) is 19.6 Å². The average molecular weight is 441 g/mol. The van der Waals surface area contributed by atoms with E-state index in [4.69, 9.17) is 0 Å². The van der Waals surface area contributed by atoms with Crippen LogP contribution in [0, 0.1) is 0 Å². The third kappa shape index (κ3) is 3.62. The van der Waals surface area contributed by atoms with Crippen molar-refractivity contribution in [1.29, 1.82) is 0 Å². The quantitative estimate of drug-likeness (QED) is 0.297. The van der Waals surface area contributed by atoms with Gasteiger partial charge in [-0.25, -0.2) is 0 Å². The number of hydrogen-bond donors (Lipinski definition) is 2. The van der Waals surface area contributed by atoms with Crippen molar-refractivity contribution in [3.8, 4) is 0 Å². The Labute approximate surface area is 220 Å². The molecule has 0 amide bonds. The number of benzene rings is 4. The van der Waals surface area contributed by atoms with E-state index in [-0.39, 0.29) is 57.1 Å². The number of aliphatic carboxylic acids is 1. The maximum atomic E-state index is 12.5. The SMILES string of the molecule is O=C(O)C[SH](c1ccccc1)(c1ccccc1)(c1ccccc1)c1ccccc1.[KH]. The molecule has 0 aliphatic carbocycles. The Kier molecular flexibility index (Phi) is 7.40. The maximum absolute atomic E-state index is 12.5. The summed E-state index contributed by atoms with van der Waals surface area (Å²) in [7, 11) is -3.54. The van der Waals surface area contributed by atoms with Crippen molar-refractivity contribution < 1.29 is 9.90 Å². The Balaban J connectivity index is 0.00000256. The van der Waals surface area contributed by atoms with Crippen LogP contribution in [0.5, 0.6) is 0 Å². The Morgan fingerprint density at radius 1 is 0.533 bits per heavy atom. The van der Waals surface area contributed by atoms with E-state index >= 15 is 0 Å². The molecular formula is C26H25KO2S. The molecule has 1 N–H and O–H groups in total. The van der Waals surface area contributed by atoms with Gasteiger partial charge in [0.1, 0.15) is 0 Å².